The number of hydrogen-bond acceptors (Lipinski definition) is 2. The summed E-state index contributed by atoms with van der Waals surface area (Å²) < 4.78 is 0. The molecular formula is C24H24NPS. The van der Waals surface area contributed by atoms with E-state index in [1.54, 1.807) is 0 Å². The third-order valence-corrected chi connectivity index (χ3v) is 9.84. The molecule has 3 aromatic carbocycles. The Hall–Kier alpha value is -2.15. The van der Waals surface area contributed by atoms with Gasteiger partial charge < -0.3 is 4.90 Å². The highest BCUT2D eigenvalue weighted by Crippen LogP contribution is 2.53. The Kier molecular flexibility index (Phi) is 4.58. The molecule has 0 saturated heterocycles. The van der Waals surface area contributed by atoms with E-state index in [9.17, 15) is 0 Å². The van der Waals surface area contributed by atoms with Crippen molar-refractivity contribution in [1.29, 1.82) is 0 Å². The molecule has 0 aromatic heterocycles. The summed E-state index contributed by atoms with van der Waals surface area (Å²) in [5.41, 5.74) is 3.86. The summed E-state index contributed by atoms with van der Waals surface area (Å²) in [6, 6.07) is 27.8. The summed E-state index contributed by atoms with van der Waals surface area (Å²) in [5.74, 6) is 2.40. The highest BCUT2D eigenvalue weighted by molar-refractivity contribution is 8.23. The van der Waals surface area contributed by atoms with Gasteiger partial charge in [0.15, 0.2) is 0 Å². The van der Waals surface area contributed by atoms with Gasteiger partial charge in [0, 0.05) is 29.9 Å². The van der Waals surface area contributed by atoms with E-state index < -0.39 is 6.04 Å². The molecule has 4 rings (SSSR count). The highest BCUT2D eigenvalue weighted by atomic mass is 32.4. The van der Waals surface area contributed by atoms with Crippen molar-refractivity contribution < 1.29 is 0 Å². The van der Waals surface area contributed by atoms with Gasteiger partial charge in [-0.15, -0.1) is 0 Å². The van der Waals surface area contributed by atoms with Crippen LogP contribution in [-0.4, -0.2) is 7.05 Å². The van der Waals surface area contributed by atoms with Crippen LogP contribution >= 0.6 is 6.04 Å². The van der Waals surface area contributed by atoms with Crippen LogP contribution in [-0.2, 0) is 17.2 Å². The van der Waals surface area contributed by atoms with E-state index in [1.165, 1.54) is 27.6 Å². The molecule has 1 aliphatic heterocycles. The van der Waals surface area contributed by atoms with Gasteiger partial charge in [0.1, 0.15) is 0 Å². The van der Waals surface area contributed by atoms with Crippen molar-refractivity contribution in [3.8, 4) is 0 Å². The Balaban J connectivity index is 1.95. The molecule has 0 saturated carbocycles. The molecule has 0 N–H and O–H groups in total. The van der Waals surface area contributed by atoms with Crippen LogP contribution in [0.1, 0.15) is 19.4 Å². The van der Waals surface area contributed by atoms with Gasteiger partial charge in [0.2, 0.25) is 0 Å². The van der Waals surface area contributed by atoms with Crippen LogP contribution < -0.4 is 15.5 Å². The molecule has 0 unspecified atom stereocenters. The Morgan fingerprint density at radius 3 is 1.78 bits per heavy atom. The normalized spacial score (nSPS) is 17.1. The number of hydrogen-bond donors (Lipinski definition) is 0. The Bertz CT molecular complexity index is 995. The van der Waals surface area contributed by atoms with Gasteiger partial charge in [0.05, 0.1) is 0 Å². The summed E-state index contributed by atoms with van der Waals surface area (Å²) in [6.07, 6.45) is 0. The van der Waals surface area contributed by atoms with Gasteiger partial charge in [-0.25, -0.2) is 0 Å². The predicted octanol–water partition coefficient (Wildman–Crippen LogP) is 5.39. The molecule has 0 aliphatic carbocycles. The molecule has 0 atom stereocenters. The van der Waals surface area contributed by atoms with Crippen molar-refractivity contribution in [2.75, 3.05) is 11.9 Å². The molecule has 0 amide bonds. The minimum Gasteiger partial charge on any atom is -0.347 e. The lowest BCUT2D eigenvalue weighted by atomic mass is 9.84. The fourth-order valence-electron chi connectivity index (χ4n) is 4.00. The fourth-order valence-corrected chi connectivity index (χ4v) is 7.70. The first kappa shape index (κ1) is 18.2. The minimum absolute atomic E-state index is 0.0705. The maximum absolute atomic E-state index is 6.45. The van der Waals surface area contributed by atoms with Gasteiger partial charge in [0.25, 0.3) is 0 Å². The van der Waals surface area contributed by atoms with Gasteiger partial charge in [-0.05, 0) is 28.1 Å². The minimum atomic E-state index is -2.09. The van der Waals surface area contributed by atoms with E-state index in [0.29, 0.717) is 0 Å². The fraction of sp³-hybridized carbons (Fsp3) is 0.167. The molecule has 0 fully saturated rings. The summed E-state index contributed by atoms with van der Waals surface area (Å²) in [7, 11) is 2.16. The van der Waals surface area contributed by atoms with Crippen LogP contribution in [0.25, 0.3) is 0 Å². The average Bonchev–Trinajstić information content (AvgIpc) is 2.90. The second kappa shape index (κ2) is 6.78. The van der Waals surface area contributed by atoms with Crippen molar-refractivity contribution >= 4 is 34.1 Å². The third-order valence-electron chi connectivity index (χ3n) is 5.52. The van der Waals surface area contributed by atoms with Gasteiger partial charge in [-0.3, -0.25) is 0 Å². The second-order valence-corrected chi connectivity index (χ2v) is 11.9. The first-order chi connectivity index (χ1) is 12.9. The molecule has 1 nitrogen and oxygen atoms in total. The molecule has 1 aliphatic rings. The molecule has 0 bridgehead atoms. The number of para-hydroxylation sites is 1. The molecule has 1 heterocycles. The first-order valence-electron chi connectivity index (χ1n) is 9.22. The van der Waals surface area contributed by atoms with Gasteiger partial charge >= 0.3 is 0 Å². The Morgan fingerprint density at radius 2 is 1.26 bits per heavy atom. The van der Waals surface area contributed by atoms with E-state index in [2.05, 4.69) is 117 Å². The van der Waals surface area contributed by atoms with Crippen LogP contribution in [0.5, 0.6) is 0 Å². The summed E-state index contributed by atoms with van der Waals surface area (Å²) in [5, 5.41) is 2.47. The standard InChI is InChI=1S/C24H24NPS/c1-24(2)21-16-10-11-17-22(21)25(3)23(24)18-26(27,19-12-6-4-7-13-19)20-14-8-5-9-15-20/h4-18H,1-3H3/b23-18+. The number of nitrogens with zero attached hydrogens (tertiary/aromatic N) is 1. The first-order valence-corrected chi connectivity index (χ1v) is 12.1. The maximum atomic E-state index is 6.45. The zero-order chi connectivity index (χ0) is 19.1. The molecule has 27 heavy (non-hydrogen) atoms. The second-order valence-electron chi connectivity index (χ2n) is 7.54. The maximum Gasteiger partial charge on any atom is 0.0448 e. The van der Waals surface area contributed by atoms with Crippen molar-refractivity contribution in [3.05, 3.63) is 102 Å². The number of anilines is 1. The smallest absolute Gasteiger partial charge is 0.0448 e. The summed E-state index contributed by atoms with van der Waals surface area (Å²) in [4.78, 5) is 2.32. The SMILES string of the molecule is CN1/C(=C/P(=S)(c2ccccc2)c2ccccc2)C(C)(C)c2ccccc21. The highest BCUT2D eigenvalue weighted by Gasteiger charge is 2.39. The average molecular weight is 390 g/mol. The quantitative estimate of drug-likeness (QED) is 0.553. The number of fused-ring (bicyclic) bond motifs is 1. The largest absolute Gasteiger partial charge is 0.347 e. The molecule has 3 heteroatoms. The van der Waals surface area contributed by atoms with E-state index >= 15 is 0 Å². The summed E-state index contributed by atoms with van der Waals surface area (Å²) in [6.45, 7) is 4.60. The number of rotatable bonds is 3. The lowest BCUT2D eigenvalue weighted by molar-refractivity contribution is 0.642. The van der Waals surface area contributed by atoms with E-state index in [4.69, 9.17) is 11.8 Å². The van der Waals surface area contributed by atoms with E-state index in [-0.39, 0.29) is 5.41 Å². The van der Waals surface area contributed by atoms with Crippen LogP contribution in [0.2, 0.25) is 0 Å². The van der Waals surface area contributed by atoms with Crippen molar-refractivity contribution in [2.24, 2.45) is 0 Å². The zero-order valence-corrected chi connectivity index (χ0v) is 17.7. The van der Waals surface area contributed by atoms with Crippen molar-refractivity contribution in [3.63, 3.8) is 0 Å². The predicted molar refractivity (Wildman–Crippen MR) is 122 cm³/mol. The molecule has 3 aromatic rings. The lowest BCUT2D eigenvalue weighted by Crippen LogP contribution is -2.25. The van der Waals surface area contributed by atoms with Crippen LogP contribution in [0.4, 0.5) is 5.69 Å². The Labute approximate surface area is 167 Å². The molecular weight excluding hydrogens is 365 g/mol. The van der Waals surface area contributed by atoms with Gasteiger partial charge in [-0.1, -0.05) is 105 Å². The monoisotopic (exact) mass is 389 g/mol. The van der Waals surface area contributed by atoms with E-state index in [0.717, 1.165) is 0 Å². The van der Waals surface area contributed by atoms with Crippen LogP contribution in [0.15, 0.2) is 96.4 Å². The van der Waals surface area contributed by atoms with Crippen molar-refractivity contribution in [1.82, 2.24) is 0 Å². The number of benzene rings is 3. The lowest BCUT2D eigenvalue weighted by Gasteiger charge is -2.28. The summed E-state index contributed by atoms with van der Waals surface area (Å²) >= 11 is 6.45. The van der Waals surface area contributed by atoms with Crippen molar-refractivity contribution in [2.45, 2.75) is 19.3 Å². The van der Waals surface area contributed by atoms with Gasteiger partial charge in [-0.2, -0.15) is 0 Å². The molecule has 0 spiro atoms. The van der Waals surface area contributed by atoms with E-state index in [1.807, 2.05) is 0 Å². The third kappa shape index (κ3) is 2.98. The number of likely N-dealkylation sites (N-methyl/N-ethyl adjacent to an activating group) is 1. The van der Waals surface area contributed by atoms with Crippen LogP contribution in [0.3, 0.4) is 0 Å². The topological polar surface area (TPSA) is 3.24 Å². The Morgan fingerprint density at radius 1 is 0.778 bits per heavy atom. The zero-order valence-electron chi connectivity index (χ0n) is 16.0. The number of allylic oxidation sites excluding steroid dienone is 1. The molecule has 0 radical (unpaired) electrons. The van der Waals surface area contributed by atoms with Crippen LogP contribution in [0, 0.1) is 0 Å². The molecule has 136 valence electrons.